The van der Waals surface area contributed by atoms with Gasteiger partial charge in [0.2, 0.25) is 5.91 Å². The van der Waals surface area contributed by atoms with E-state index in [-0.39, 0.29) is 12.0 Å². The predicted octanol–water partition coefficient (Wildman–Crippen LogP) is 2.41. The van der Waals surface area contributed by atoms with E-state index in [9.17, 15) is 18.4 Å². The number of rotatable bonds is 5. The van der Waals surface area contributed by atoms with Gasteiger partial charge in [0, 0.05) is 12.5 Å². The fourth-order valence-electron chi connectivity index (χ4n) is 2.51. The lowest BCUT2D eigenvalue weighted by Gasteiger charge is -2.18. The van der Waals surface area contributed by atoms with E-state index >= 15 is 0 Å². The molecule has 2 aromatic rings. The fourth-order valence-corrected chi connectivity index (χ4v) is 2.51. The van der Waals surface area contributed by atoms with Crippen molar-refractivity contribution in [3.8, 4) is 0 Å². The summed E-state index contributed by atoms with van der Waals surface area (Å²) in [6.07, 6.45) is 0.197. The summed E-state index contributed by atoms with van der Waals surface area (Å²) < 4.78 is 26.6. The Morgan fingerprint density at radius 1 is 1.12 bits per heavy atom. The quantitative estimate of drug-likeness (QED) is 0.882. The first-order valence-electron chi connectivity index (χ1n) is 7.40. The molecule has 0 unspecified atom stereocenters. The summed E-state index contributed by atoms with van der Waals surface area (Å²) in [5, 5.41) is 2.42. The molecular formula is C18H18F2N2O2. The second kappa shape index (κ2) is 7.21. The van der Waals surface area contributed by atoms with E-state index in [1.165, 1.54) is 0 Å². The molecule has 2 aromatic carbocycles. The zero-order valence-corrected chi connectivity index (χ0v) is 13.4. The minimum Gasteiger partial charge on any atom is -0.368 e. The summed E-state index contributed by atoms with van der Waals surface area (Å²) in [5.41, 5.74) is 7.84. The van der Waals surface area contributed by atoms with Gasteiger partial charge in [-0.2, -0.15) is 0 Å². The van der Waals surface area contributed by atoms with Gasteiger partial charge in [-0.05, 0) is 42.7 Å². The van der Waals surface area contributed by atoms with Crippen molar-refractivity contribution >= 4 is 11.8 Å². The smallest absolute Gasteiger partial charge is 0.254 e. The monoisotopic (exact) mass is 332 g/mol. The highest BCUT2D eigenvalue weighted by molar-refractivity contribution is 5.97. The fraction of sp³-hybridized carbons (Fsp3) is 0.222. The van der Waals surface area contributed by atoms with Crippen molar-refractivity contribution in [3.05, 3.63) is 70.3 Å². The maximum absolute atomic E-state index is 13.7. The van der Waals surface area contributed by atoms with Crippen LogP contribution in [0.3, 0.4) is 0 Å². The highest BCUT2D eigenvalue weighted by Gasteiger charge is 2.22. The van der Waals surface area contributed by atoms with Crippen LogP contribution >= 0.6 is 0 Å². The zero-order valence-electron chi connectivity index (χ0n) is 13.4. The first-order chi connectivity index (χ1) is 11.3. The molecule has 0 aromatic heterocycles. The zero-order chi connectivity index (χ0) is 17.9. The molecule has 2 amide bonds. The maximum Gasteiger partial charge on any atom is 0.254 e. The highest BCUT2D eigenvalue weighted by atomic mass is 19.1. The Balaban J connectivity index is 2.23. The minimum absolute atomic E-state index is 0.197. The molecular weight excluding hydrogens is 314 g/mol. The molecule has 3 N–H and O–H groups in total. The number of carbonyl (C=O) groups is 2. The van der Waals surface area contributed by atoms with Crippen molar-refractivity contribution in [1.82, 2.24) is 5.32 Å². The molecule has 4 nitrogen and oxygen atoms in total. The van der Waals surface area contributed by atoms with Crippen LogP contribution in [-0.2, 0) is 11.2 Å². The van der Waals surface area contributed by atoms with Crippen LogP contribution in [0.4, 0.5) is 8.78 Å². The van der Waals surface area contributed by atoms with Crippen molar-refractivity contribution in [3.63, 3.8) is 0 Å². The molecule has 1 atom stereocenters. The molecule has 0 heterocycles. The molecule has 6 heteroatoms. The lowest BCUT2D eigenvalue weighted by atomic mass is 9.96. The number of hydrogen-bond donors (Lipinski definition) is 2. The molecule has 0 aliphatic rings. The van der Waals surface area contributed by atoms with Crippen LogP contribution in [0.2, 0.25) is 0 Å². The molecule has 0 saturated heterocycles. The van der Waals surface area contributed by atoms with Gasteiger partial charge in [-0.15, -0.1) is 0 Å². The van der Waals surface area contributed by atoms with E-state index in [2.05, 4.69) is 5.32 Å². The third-order valence-corrected chi connectivity index (χ3v) is 3.88. The van der Waals surface area contributed by atoms with Gasteiger partial charge in [0.25, 0.3) is 5.91 Å². The van der Waals surface area contributed by atoms with Crippen molar-refractivity contribution < 1.29 is 18.4 Å². The van der Waals surface area contributed by atoms with Crippen molar-refractivity contribution in [2.24, 2.45) is 5.73 Å². The van der Waals surface area contributed by atoms with Gasteiger partial charge in [0.05, 0.1) is 5.56 Å². The summed E-state index contributed by atoms with van der Waals surface area (Å²) in [6.45, 7) is 3.78. The second-order valence-electron chi connectivity index (χ2n) is 5.63. The van der Waals surface area contributed by atoms with Gasteiger partial charge in [-0.1, -0.05) is 18.2 Å². The average Bonchev–Trinajstić information content (AvgIpc) is 2.49. The molecule has 0 radical (unpaired) electrons. The van der Waals surface area contributed by atoms with E-state index in [0.717, 1.165) is 28.8 Å². The Morgan fingerprint density at radius 2 is 1.75 bits per heavy atom. The van der Waals surface area contributed by atoms with E-state index < -0.39 is 29.5 Å². The predicted molar refractivity (Wildman–Crippen MR) is 86.4 cm³/mol. The molecule has 0 spiro atoms. The summed E-state index contributed by atoms with van der Waals surface area (Å²) in [6, 6.07) is 7.28. The topological polar surface area (TPSA) is 72.2 Å². The van der Waals surface area contributed by atoms with Gasteiger partial charge in [-0.3, -0.25) is 9.59 Å². The van der Waals surface area contributed by atoms with E-state index in [4.69, 9.17) is 5.73 Å². The molecule has 0 aliphatic carbocycles. The molecule has 0 aliphatic heterocycles. The number of carbonyl (C=O) groups excluding carboxylic acids is 2. The first kappa shape index (κ1) is 17.6. The number of benzene rings is 2. The Morgan fingerprint density at radius 3 is 2.29 bits per heavy atom. The SMILES string of the molecule is Cc1cccc(C)c1C[C@@H](NC(=O)c1ccc(F)cc1F)C(N)=O. The first-order valence-corrected chi connectivity index (χ1v) is 7.40. The van der Waals surface area contributed by atoms with Crippen LogP contribution in [0.25, 0.3) is 0 Å². The van der Waals surface area contributed by atoms with Crippen LogP contribution in [0.15, 0.2) is 36.4 Å². The van der Waals surface area contributed by atoms with Crippen LogP contribution in [0, 0.1) is 25.5 Å². The number of halogens is 2. The number of hydrogen-bond acceptors (Lipinski definition) is 2. The van der Waals surface area contributed by atoms with Crippen LogP contribution in [0.5, 0.6) is 0 Å². The number of amides is 2. The minimum atomic E-state index is -0.998. The third-order valence-electron chi connectivity index (χ3n) is 3.88. The number of aryl methyl sites for hydroxylation is 2. The van der Waals surface area contributed by atoms with Gasteiger partial charge >= 0.3 is 0 Å². The Hall–Kier alpha value is -2.76. The molecule has 2 rings (SSSR count). The van der Waals surface area contributed by atoms with Crippen LogP contribution in [-0.4, -0.2) is 17.9 Å². The number of nitrogens with two attached hydrogens (primary N) is 1. The lowest BCUT2D eigenvalue weighted by molar-refractivity contribution is -0.119. The Labute approximate surface area is 138 Å². The van der Waals surface area contributed by atoms with Crippen molar-refractivity contribution in [2.75, 3.05) is 0 Å². The normalized spacial score (nSPS) is 11.8. The molecule has 0 saturated carbocycles. The van der Waals surface area contributed by atoms with Crippen LogP contribution < -0.4 is 11.1 Å². The Bertz CT molecular complexity index is 770. The largest absolute Gasteiger partial charge is 0.368 e. The van der Waals surface area contributed by atoms with Crippen molar-refractivity contribution in [1.29, 1.82) is 0 Å². The maximum atomic E-state index is 13.7. The van der Waals surface area contributed by atoms with E-state index in [1.54, 1.807) is 0 Å². The lowest BCUT2D eigenvalue weighted by Crippen LogP contribution is -2.46. The molecule has 0 fully saturated rings. The van der Waals surface area contributed by atoms with E-state index in [0.29, 0.717) is 6.07 Å². The third kappa shape index (κ3) is 3.95. The second-order valence-corrected chi connectivity index (χ2v) is 5.63. The standard InChI is InChI=1S/C18H18F2N2O2/c1-10-4-3-5-11(2)14(10)9-16(17(21)23)22-18(24)13-7-6-12(19)8-15(13)20/h3-8,16H,9H2,1-2H3,(H2,21,23)(H,22,24)/t16-/m1/s1. The molecule has 0 bridgehead atoms. The van der Waals surface area contributed by atoms with Crippen LogP contribution in [0.1, 0.15) is 27.0 Å². The summed E-state index contributed by atoms with van der Waals surface area (Å²) in [7, 11) is 0. The summed E-state index contributed by atoms with van der Waals surface area (Å²) in [5.74, 6) is -3.33. The molecule has 24 heavy (non-hydrogen) atoms. The van der Waals surface area contributed by atoms with Gasteiger partial charge < -0.3 is 11.1 Å². The Kier molecular flexibility index (Phi) is 5.28. The van der Waals surface area contributed by atoms with Crippen molar-refractivity contribution in [2.45, 2.75) is 26.3 Å². The number of primary amides is 1. The number of nitrogens with one attached hydrogen (secondary N) is 1. The van der Waals surface area contributed by atoms with Gasteiger partial charge in [-0.25, -0.2) is 8.78 Å². The van der Waals surface area contributed by atoms with Gasteiger partial charge in [0.1, 0.15) is 17.7 Å². The van der Waals surface area contributed by atoms with E-state index in [1.807, 2.05) is 32.0 Å². The van der Waals surface area contributed by atoms with Gasteiger partial charge in [0.15, 0.2) is 0 Å². The summed E-state index contributed by atoms with van der Waals surface area (Å²) in [4.78, 5) is 23.9. The average molecular weight is 332 g/mol. The summed E-state index contributed by atoms with van der Waals surface area (Å²) >= 11 is 0. The molecule has 126 valence electrons. The highest BCUT2D eigenvalue weighted by Crippen LogP contribution is 2.16.